The lowest BCUT2D eigenvalue weighted by atomic mass is 10.0. The average Bonchev–Trinajstić information content (AvgIpc) is 2.97. The summed E-state index contributed by atoms with van der Waals surface area (Å²) in [7, 11) is 0. The predicted molar refractivity (Wildman–Crippen MR) is 55.0 cm³/mol. The number of carbonyl (C=O) groups is 1. The lowest BCUT2D eigenvalue weighted by molar-refractivity contribution is -0.119. The van der Waals surface area contributed by atoms with E-state index in [1.54, 1.807) is 6.20 Å². The van der Waals surface area contributed by atoms with Crippen LogP contribution in [-0.2, 0) is 11.2 Å². The monoisotopic (exact) mass is 231 g/mol. The Morgan fingerprint density at radius 2 is 2.41 bits per heavy atom. The number of aryl methyl sites for hydroxylation is 1. The van der Waals surface area contributed by atoms with Crippen molar-refractivity contribution in [3.8, 4) is 5.95 Å². The molecule has 1 aliphatic carbocycles. The number of tetrazole rings is 1. The fourth-order valence-corrected chi connectivity index (χ4v) is 2.00. The quantitative estimate of drug-likeness (QED) is 0.706. The van der Waals surface area contributed by atoms with Crippen molar-refractivity contribution in [3.63, 3.8) is 0 Å². The fraction of sp³-hybridized carbons (Fsp3) is 0.333. The minimum Gasteiger partial charge on any atom is -0.369 e. The first-order chi connectivity index (χ1) is 8.25. The molecule has 0 radical (unpaired) electrons. The molecule has 2 N–H and O–H groups in total. The van der Waals surface area contributed by atoms with E-state index in [4.69, 9.17) is 5.73 Å². The van der Waals surface area contributed by atoms with Gasteiger partial charge in [-0.25, -0.2) is 9.97 Å². The number of hydrogen-bond acceptors (Lipinski definition) is 6. The average molecular weight is 231 g/mol. The second-order valence-electron chi connectivity index (χ2n) is 3.82. The van der Waals surface area contributed by atoms with Crippen LogP contribution in [0.25, 0.3) is 5.95 Å². The zero-order valence-corrected chi connectivity index (χ0v) is 8.82. The van der Waals surface area contributed by atoms with Gasteiger partial charge in [-0.05, 0) is 23.3 Å². The Kier molecular flexibility index (Phi) is 2.07. The van der Waals surface area contributed by atoms with Crippen LogP contribution in [-0.4, -0.2) is 36.1 Å². The normalized spacial score (nSPS) is 18.0. The first-order valence-corrected chi connectivity index (χ1v) is 5.14. The summed E-state index contributed by atoms with van der Waals surface area (Å²) in [5, 5.41) is 10.7. The van der Waals surface area contributed by atoms with Crippen LogP contribution in [0.5, 0.6) is 0 Å². The van der Waals surface area contributed by atoms with E-state index in [1.807, 2.05) is 0 Å². The molecule has 86 valence electrons. The molecule has 2 aromatic rings. The minimum atomic E-state index is -0.331. The van der Waals surface area contributed by atoms with Gasteiger partial charge in [0.25, 0.3) is 5.95 Å². The first-order valence-electron chi connectivity index (χ1n) is 5.14. The molecule has 1 atom stereocenters. The topological polar surface area (TPSA) is 112 Å². The van der Waals surface area contributed by atoms with Crippen molar-refractivity contribution < 1.29 is 4.79 Å². The van der Waals surface area contributed by atoms with Crippen LogP contribution in [0.3, 0.4) is 0 Å². The molecular weight excluding hydrogens is 222 g/mol. The van der Waals surface area contributed by atoms with Crippen molar-refractivity contribution in [3.05, 3.63) is 23.8 Å². The Labute approximate surface area is 95.9 Å². The van der Waals surface area contributed by atoms with Crippen molar-refractivity contribution in [2.24, 2.45) is 5.73 Å². The standard InChI is InChI=1S/C9H9N7O/c10-8(17)5-1-2-7-6(5)3-11-9(13-7)16-4-12-14-15-16/h3-5H,1-2H2,(H2,10,17)/t5-/m1/s1. The van der Waals surface area contributed by atoms with Gasteiger partial charge in [-0.1, -0.05) is 0 Å². The largest absolute Gasteiger partial charge is 0.369 e. The maximum absolute atomic E-state index is 11.2. The molecule has 8 nitrogen and oxygen atoms in total. The van der Waals surface area contributed by atoms with Crippen LogP contribution >= 0.6 is 0 Å². The summed E-state index contributed by atoms with van der Waals surface area (Å²) in [5.74, 6) is -0.200. The molecule has 3 rings (SSSR count). The van der Waals surface area contributed by atoms with Gasteiger partial charge in [-0.3, -0.25) is 4.79 Å². The highest BCUT2D eigenvalue weighted by Gasteiger charge is 2.28. The van der Waals surface area contributed by atoms with Gasteiger partial charge in [0.15, 0.2) is 0 Å². The number of amides is 1. The molecule has 0 unspecified atom stereocenters. The Hall–Kier alpha value is -2.38. The van der Waals surface area contributed by atoms with Gasteiger partial charge < -0.3 is 5.73 Å². The smallest absolute Gasteiger partial charge is 0.253 e. The second-order valence-corrected chi connectivity index (χ2v) is 3.82. The molecular formula is C9H9N7O. The highest BCUT2D eigenvalue weighted by atomic mass is 16.1. The highest BCUT2D eigenvalue weighted by Crippen LogP contribution is 2.31. The number of rotatable bonds is 2. The van der Waals surface area contributed by atoms with Crippen molar-refractivity contribution in [1.29, 1.82) is 0 Å². The molecule has 2 aromatic heterocycles. The summed E-state index contributed by atoms with van der Waals surface area (Å²) < 4.78 is 1.37. The zero-order valence-electron chi connectivity index (χ0n) is 8.82. The summed E-state index contributed by atoms with van der Waals surface area (Å²) in [4.78, 5) is 19.7. The van der Waals surface area contributed by atoms with Crippen LogP contribution in [0, 0.1) is 0 Å². The lowest BCUT2D eigenvalue weighted by Gasteiger charge is -2.05. The van der Waals surface area contributed by atoms with Crippen molar-refractivity contribution >= 4 is 5.91 Å². The maximum atomic E-state index is 11.2. The van der Waals surface area contributed by atoms with E-state index < -0.39 is 0 Å². The maximum Gasteiger partial charge on any atom is 0.253 e. The molecule has 8 heteroatoms. The van der Waals surface area contributed by atoms with Crippen molar-refractivity contribution in [2.45, 2.75) is 18.8 Å². The number of primary amides is 1. The third-order valence-electron chi connectivity index (χ3n) is 2.83. The van der Waals surface area contributed by atoms with Crippen LogP contribution < -0.4 is 5.73 Å². The highest BCUT2D eigenvalue weighted by molar-refractivity contribution is 5.82. The second kappa shape index (κ2) is 3.58. The van der Waals surface area contributed by atoms with Gasteiger partial charge in [0.05, 0.1) is 11.6 Å². The van der Waals surface area contributed by atoms with E-state index >= 15 is 0 Å². The summed E-state index contributed by atoms with van der Waals surface area (Å²) >= 11 is 0. The van der Waals surface area contributed by atoms with Gasteiger partial charge >= 0.3 is 0 Å². The van der Waals surface area contributed by atoms with Crippen LogP contribution in [0.4, 0.5) is 0 Å². The van der Waals surface area contributed by atoms with Crippen molar-refractivity contribution in [2.75, 3.05) is 0 Å². The Balaban J connectivity index is 2.02. The van der Waals surface area contributed by atoms with E-state index in [-0.39, 0.29) is 11.8 Å². The van der Waals surface area contributed by atoms with Crippen molar-refractivity contribution in [1.82, 2.24) is 30.2 Å². The summed E-state index contributed by atoms with van der Waals surface area (Å²) in [5.41, 5.74) is 6.97. The number of nitrogens with two attached hydrogens (primary N) is 1. The van der Waals surface area contributed by atoms with E-state index in [2.05, 4.69) is 25.5 Å². The zero-order chi connectivity index (χ0) is 11.8. The third-order valence-corrected chi connectivity index (χ3v) is 2.83. The molecule has 1 amide bonds. The van der Waals surface area contributed by atoms with Gasteiger partial charge in [0.1, 0.15) is 6.33 Å². The molecule has 0 aromatic carbocycles. The van der Waals surface area contributed by atoms with Gasteiger partial charge in [0.2, 0.25) is 5.91 Å². The Bertz CT molecular complexity index is 565. The Morgan fingerprint density at radius 1 is 1.53 bits per heavy atom. The van der Waals surface area contributed by atoms with Crippen LogP contribution in [0.1, 0.15) is 23.6 Å². The number of hydrogen-bond donors (Lipinski definition) is 1. The SMILES string of the molecule is NC(=O)[C@@H]1CCc2nc(-n3cnnn3)ncc21. The molecule has 0 saturated carbocycles. The van der Waals surface area contributed by atoms with E-state index in [0.29, 0.717) is 12.4 Å². The minimum absolute atomic E-state index is 0.270. The summed E-state index contributed by atoms with van der Waals surface area (Å²) in [6.07, 6.45) is 4.46. The molecule has 2 heterocycles. The number of carbonyl (C=O) groups excluding carboxylic acids is 1. The molecule has 17 heavy (non-hydrogen) atoms. The number of nitrogens with zero attached hydrogens (tertiary/aromatic N) is 6. The summed E-state index contributed by atoms with van der Waals surface area (Å²) in [6.45, 7) is 0. The van der Waals surface area contributed by atoms with Crippen LogP contribution in [0.15, 0.2) is 12.5 Å². The number of fused-ring (bicyclic) bond motifs is 1. The van der Waals surface area contributed by atoms with Gasteiger partial charge in [0, 0.05) is 11.8 Å². The molecule has 0 aliphatic heterocycles. The molecule has 1 aliphatic rings. The van der Waals surface area contributed by atoms with E-state index in [9.17, 15) is 4.79 Å². The molecule has 0 spiro atoms. The lowest BCUT2D eigenvalue weighted by Crippen LogP contribution is -2.19. The molecule has 0 bridgehead atoms. The van der Waals surface area contributed by atoms with Gasteiger partial charge in [-0.15, -0.1) is 5.10 Å². The van der Waals surface area contributed by atoms with E-state index in [1.165, 1.54) is 11.0 Å². The molecule has 0 fully saturated rings. The fourth-order valence-electron chi connectivity index (χ4n) is 2.00. The number of aromatic nitrogens is 6. The molecule has 0 saturated heterocycles. The Morgan fingerprint density at radius 3 is 3.12 bits per heavy atom. The third kappa shape index (κ3) is 1.53. The summed E-state index contributed by atoms with van der Waals surface area (Å²) in [6, 6.07) is 0. The van der Waals surface area contributed by atoms with Gasteiger partial charge in [-0.2, -0.15) is 4.68 Å². The van der Waals surface area contributed by atoms with E-state index in [0.717, 1.165) is 17.7 Å². The van der Waals surface area contributed by atoms with Crippen LogP contribution in [0.2, 0.25) is 0 Å². The first kappa shape index (κ1) is 9.82. The predicted octanol–water partition coefficient (Wildman–Crippen LogP) is -1.03.